The Morgan fingerprint density at radius 1 is 1.17 bits per heavy atom. The predicted octanol–water partition coefficient (Wildman–Crippen LogP) is 1.94. The summed E-state index contributed by atoms with van der Waals surface area (Å²) >= 11 is 0. The van der Waals surface area contributed by atoms with Gasteiger partial charge in [0.05, 0.1) is 12.4 Å². The standard InChI is InChI=1S/C13H19NO3S/c1-11-3-5-12(6-4-11)14-9-7-13(8-10-14)17-18(2,15)16/h3-6,13H,7-10H2,1-2H3. The summed E-state index contributed by atoms with van der Waals surface area (Å²) in [5.41, 5.74) is 2.44. The van der Waals surface area contributed by atoms with Crippen LogP contribution in [0.25, 0.3) is 0 Å². The molecule has 1 saturated heterocycles. The van der Waals surface area contributed by atoms with Crippen LogP contribution < -0.4 is 4.90 Å². The van der Waals surface area contributed by atoms with E-state index < -0.39 is 10.1 Å². The molecule has 0 radical (unpaired) electrons. The molecule has 0 N–H and O–H groups in total. The first kappa shape index (κ1) is 13.4. The lowest BCUT2D eigenvalue weighted by Crippen LogP contribution is -2.37. The van der Waals surface area contributed by atoms with Crippen LogP contribution in [0.2, 0.25) is 0 Å². The van der Waals surface area contributed by atoms with E-state index in [1.807, 2.05) is 0 Å². The molecule has 4 nitrogen and oxygen atoms in total. The van der Waals surface area contributed by atoms with Crippen LogP contribution in [0.5, 0.6) is 0 Å². The molecular weight excluding hydrogens is 250 g/mol. The van der Waals surface area contributed by atoms with Gasteiger partial charge in [0.25, 0.3) is 10.1 Å². The summed E-state index contributed by atoms with van der Waals surface area (Å²) < 4.78 is 27.1. The Bertz CT molecular complexity index is 487. The average molecular weight is 269 g/mol. The summed E-state index contributed by atoms with van der Waals surface area (Å²) in [6.07, 6.45) is 2.45. The van der Waals surface area contributed by atoms with E-state index in [4.69, 9.17) is 4.18 Å². The zero-order valence-electron chi connectivity index (χ0n) is 10.8. The monoisotopic (exact) mass is 269 g/mol. The second-order valence-corrected chi connectivity index (χ2v) is 6.42. The number of hydrogen-bond donors (Lipinski definition) is 0. The summed E-state index contributed by atoms with van der Waals surface area (Å²) in [6, 6.07) is 8.39. The highest BCUT2D eigenvalue weighted by atomic mass is 32.2. The Kier molecular flexibility index (Phi) is 3.92. The lowest BCUT2D eigenvalue weighted by Gasteiger charge is -2.32. The molecule has 0 amide bonds. The van der Waals surface area contributed by atoms with Crippen molar-refractivity contribution >= 4 is 15.8 Å². The smallest absolute Gasteiger partial charge is 0.264 e. The molecule has 1 aliphatic heterocycles. The van der Waals surface area contributed by atoms with E-state index in [1.165, 1.54) is 11.3 Å². The normalized spacial score (nSPS) is 18.0. The van der Waals surface area contributed by atoms with Gasteiger partial charge in [-0.15, -0.1) is 0 Å². The van der Waals surface area contributed by atoms with Crippen molar-refractivity contribution < 1.29 is 12.6 Å². The minimum Gasteiger partial charge on any atom is -0.371 e. The molecular formula is C13H19NO3S. The van der Waals surface area contributed by atoms with Gasteiger partial charge in [0.1, 0.15) is 0 Å². The molecule has 5 heteroatoms. The molecule has 0 unspecified atom stereocenters. The van der Waals surface area contributed by atoms with Crippen LogP contribution in [-0.2, 0) is 14.3 Å². The van der Waals surface area contributed by atoms with E-state index in [-0.39, 0.29) is 6.10 Å². The van der Waals surface area contributed by atoms with Gasteiger partial charge in [-0.25, -0.2) is 0 Å². The number of benzene rings is 1. The first-order chi connectivity index (χ1) is 8.44. The van der Waals surface area contributed by atoms with Gasteiger partial charge < -0.3 is 4.90 Å². The Hall–Kier alpha value is -1.07. The van der Waals surface area contributed by atoms with Gasteiger partial charge in [-0.2, -0.15) is 8.42 Å². The third-order valence-electron chi connectivity index (χ3n) is 3.15. The van der Waals surface area contributed by atoms with Gasteiger partial charge in [-0.1, -0.05) is 17.7 Å². The van der Waals surface area contributed by atoms with Crippen LogP contribution in [-0.4, -0.2) is 33.9 Å². The number of rotatable bonds is 3. The van der Waals surface area contributed by atoms with E-state index in [0.717, 1.165) is 32.2 Å². The quantitative estimate of drug-likeness (QED) is 0.787. The minimum absolute atomic E-state index is 0.165. The van der Waals surface area contributed by atoms with Crippen molar-refractivity contribution in [3.8, 4) is 0 Å². The van der Waals surface area contributed by atoms with E-state index in [1.54, 1.807) is 0 Å². The average Bonchev–Trinajstić information content (AvgIpc) is 2.29. The lowest BCUT2D eigenvalue weighted by atomic mass is 10.1. The van der Waals surface area contributed by atoms with E-state index in [2.05, 4.69) is 36.1 Å². The lowest BCUT2D eigenvalue weighted by molar-refractivity contribution is 0.180. The van der Waals surface area contributed by atoms with Gasteiger partial charge in [-0.3, -0.25) is 4.18 Å². The maximum atomic E-state index is 11.1. The molecule has 0 aromatic heterocycles. The highest BCUT2D eigenvalue weighted by molar-refractivity contribution is 7.86. The van der Waals surface area contributed by atoms with Crippen molar-refractivity contribution in [3.05, 3.63) is 29.8 Å². The largest absolute Gasteiger partial charge is 0.371 e. The zero-order valence-corrected chi connectivity index (χ0v) is 11.6. The van der Waals surface area contributed by atoms with Gasteiger partial charge in [0.2, 0.25) is 0 Å². The molecule has 1 fully saturated rings. The van der Waals surface area contributed by atoms with Gasteiger partial charge in [0.15, 0.2) is 0 Å². The van der Waals surface area contributed by atoms with Crippen LogP contribution in [0, 0.1) is 6.92 Å². The topological polar surface area (TPSA) is 46.6 Å². The van der Waals surface area contributed by atoms with E-state index in [0.29, 0.717) is 0 Å². The van der Waals surface area contributed by atoms with Crippen LogP contribution in [0.1, 0.15) is 18.4 Å². The molecule has 100 valence electrons. The summed E-state index contributed by atoms with van der Waals surface area (Å²) in [4.78, 5) is 2.27. The Labute approximate surface area is 109 Å². The molecule has 0 saturated carbocycles. The van der Waals surface area contributed by atoms with Crippen molar-refractivity contribution in [3.63, 3.8) is 0 Å². The Balaban J connectivity index is 1.92. The van der Waals surface area contributed by atoms with Crippen molar-refractivity contribution in [2.45, 2.75) is 25.9 Å². The fourth-order valence-electron chi connectivity index (χ4n) is 2.21. The molecule has 0 aliphatic carbocycles. The fraction of sp³-hybridized carbons (Fsp3) is 0.538. The minimum atomic E-state index is -3.33. The van der Waals surface area contributed by atoms with Crippen molar-refractivity contribution in [1.29, 1.82) is 0 Å². The van der Waals surface area contributed by atoms with Gasteiger partial charge >= 0.3 is 0 Å². The van der Waals surface area contributed by atoms with E-state index in [9.17, 15) is 8.42 Å². The molecule has 2 rings (SSSR count). The maximum absolute atomic E-state index is 11.1. The summed E-state index contributed by atoms with van der Waals surface area (Å²) in [5.74, 6) is 0. The molecule has 18 heavy (non-hydrogen) atoms. The van der Waals surface area contributed by atoms with Crippen LogP contribution in [0.4, 0.5) is 5.69 Å². The third kappa shape index (κ3) is 3.71. The van der Waals surface area contributed by atoms with Crippen molar-refractivity contribution in [2.75, 3.05) is 24.2 Å². The van der Waals surface area contributed by atoms with Crippen LogP contribution in [0.15, 0.2) is 24.3 Å². The Morgan fingerprint density at radius 2 is 1.72 bits per heavy atom. The second kappa shape index (κ2) is 5.28. The van der Waals surface area contributed by atoms with Crippen molar-refractivity contribution in [1.82, 2.24) is 0 Å². The summed E-state index contributed by atoms with van der Waals surface area (Å²) in [6.45, 7) is 3.74. The molecule has 0 atom stereocenters. The Morgan fingerprint density at radius 3 is 2.22 bits per heavy atom. The number of piperidine rings is 1. The number of anilines is 1. The number of hydrogen-bond acceptors (Lipinski definition) is 4. The SMILES string of the molecule is Cc1ccc(N2CCC(OS(C)(=O)=O)CC2)cc1. The molecule has 1 aromatic carbocycles. The van der Waals surface area contributed by atoms with Crippen LogP contribution >= 0.6 is 0 Å². The summed E-state index contributed by atoms with van der Waals surface area (Å²) in [5, 5.41) is 0. The van der Waals surface area contributed by atoms with Crippen molar-refractivity contribution in [2.24, 2.45) is 0 Å². The third-order valence-corrected chi connectivity index (χ3v) is 3.77. The maximum Gasteiger partial charge on any atom is 0.264 e. The first-order valence-electron chi connectivity index (χ1n) is 6.14. The molecule has 0 spiro atoms. The highest BCUT2D eigenvalue weighted by Gasteiger charge is 2.22. The first-order valence-corrected chi connectivity index (χ1v) is 7.95. The van der Waals surface area contributed by atoms with E-state index >= 15 is 0 Å². The van der Waals surface area contributed by atoms with Gasteiger partial charge in [0, 0.05) is 18.8 Å². The molecule has 1 heterocycles. The molecule has 1 aliphatic rings. The molecule has 0 bridgehead atoms. The zero-order chi connectivity index (χ0) is 13.2. The second-order valence-electron chi connectivity index (χ2n) is 4.82. The molecule has 1 aromatic rings. The highest BCUT2D eigenvalue weighted by Crippen LogP contribution is 2.22. The number of nitrogens with zero attached hydrogens (tertiary/aromatic N) is 1. The fourth-order valence-corrected chi connectivity index (χ4v) is 2.90. The summed E-state index contributed by atoms with van der Waals surface area (Å²) in [7, 11) is -3.33. The number of aryl methyl sites for hydroxylation is 1. The van der Waals surface area contributed by atoms with Gasteiger partial charge in [-0.05, 0) is 31.9 Å². The van der Waals surface area contributed by atoms with Crippen LogP contribution in [0.3, 0.4) is 0 Å². The predicted molar refractivity (Wildman–Crippen MR) is 72.3 cm³/mol.